The maximum absolute atomic E-state index is 5.56. The Kier molecular flexibility index (Phi) is 3.98. The van der Waals surface area contributed by atoms with Crippen LogP contribution in [0.25, 0.3) is 0 Å². The third kappa shape index (κ3) is 2.68. The lowest BCUT2D eigenvalue weighted by molar-refractivity contribution is 0.0539. The Balaban J connectivity index is 0.000000704. The first-order valence-corrected chi connectivity index (χ1v) is 9.56. The number of nitrogens with zero attached hydrogens (tertiary/aromatic N) is 2. The van der Waals surface area contributed by atoms with Crippen LogP contribution in [-0.2, 0) is 12.8 Å². The van der Waals surface area contributed by atoms with E-state index < -0.39 is 0 Å². The van der Waals surface area contributed by atoms with Crippen LogP contribution in [0, 0.1) is 30.1 Å². The van der Waals surface area contributed by atoms with Gasteiger partial charge < -0.3 is 4.52 Å². The van der Waals surface area contributed by atoms with Gasteiger partial charge in [0.25, 0.3) is 0 Å². The van der Waals surface area contributed by atoms with Crippen LogP contribution >= 0.6 is 0 Å². The number of fused-ring (bicyclic) bond motifs is 1. The summed E-state index contributed by atoms with van der Waals surface area (Å²) < 4.78 is 5.56. The van der Waals surface area contributed by atoms with E-state index in [1.54, 1.807) is 0 Å². The predicted octanol–water partition coefficient (Wildman–Crippen LogP) is 4.97. The molecular formula is C21H28N2O. The van der Waals surface area contributed by atoms with E-state index in [1.165, 1.54) is 36.8 Å². The number of benzene rings is 1. The third-order valence-electron chi connectivity index (χ3n) is 6.39. The van der Waals surface area contributed by atoms with Crippen LogP contribution in [0.5, 0.6) is 0 Å². The fourth-order valence-corrected chi connectivity index (χ4v) is 5.45. The van der Waals surface area contributed by atoms with Gasteiger partial charge in [0, 0.05) is 12.8 Å². The van der Waals surface area contributed by atoms with E-state index in [1.807, 2.05) is 13.8 Å². The highest BCUT2D eigenvalue weighted by Crippen LogP contribution is 2.70. The average molecular weight is 324 g/mol. The molecule has 0 N–H and O–H groups in total. The van der Waals surface area contributed by atoms with Gasteiger partial charge in [0.15, 0.2) is 5.82 Å². The molecule has 128 valence electrons. The molecule has 5 rings (SSSR count). The van der Waals surface area contributed by atoms with Crippen molar-refractivity contribution in [1.29, 1.82) is 0 Å². The molecule has 3 heteroatoms. The number of hydrogen-bond acceptors (Lipinski definition) is 3. The molecular weight excluding hydrogens is 296 g/mol. The summed E-state index contributed by atoms with van der Waals surface area (Å²) in [6.07, 6.45) is 7.50. The van der Waals surface area contributed by atoms with E-state index in [-0.39, 0.29) is 0 Å². The number of aromatic nitrogens is 2. The highest BCUT2D eigenvalue weighted by molar-refractivity contribution is 5.23. The lowest BCUT2D eigenvalue weighted by atomic mass is 9.61. The molecule has 0 amide bonds. The first-order chi connectivity index (χ1) is 11.7. The Hall–Kier alpha value is -1.64. The Labute approximate surface area is 144 Å². The molecule has 3 fully saturated rings. The van der Waals surface area contributed by atoms with Crippen molar-refractivity contribution in [2.45, 2.75) is 59.3 Å². The standard InChI is InChI=1S/C19H22N2O.C2H6/c1-12-2-4-13(5-3-12)6-17-20-18(22-21-17)11-19-8-14-7-15(9-19)16(14)10-19;1-2/h2-5,14-16H,6-11H2,1H3;1-2H3. The molecule has 0 aliphatic heterocycles. The van der Waals surface area contributed by atoms with Crippen LogP contribution in [0.4, 0.5) is 0 Å². The van der Waals surface area contributed by atoms with Crippen molar-refractivity contribution in [3.05, 3.63) is 47.1 Å². The minimum atomic E-state index is 0.506. The number of aryl methyl sites for hydroxylation is 1. The van der Waals surface area contributed by atoms with Gasteiger partial charge in [0.2, 0.25) is 5.89 Å². The van der Waals surface area contributed by atoms with Gasteiger partial charge in [-0.2, -0.15) is 4.98 Å². The Bertz CT molecular complexity index is 685. The normalized spacial score (nSPS) is 32.2. The van der Waals surface area contributed by atoms with Crippen LogP contribution < -0.4 is 0 Å². The fourth-order valence-electron chi connectivity index (χ4n) is 5.45. The highest BCUT2D eigenvalue weighted by atomic mass is 16.5. The summed E-state index contributed by atoms with van der Waals surface area (Å²) in [6.45, 7) is 6.11. The van der Waals surface area contributed by atoms with Crippen molar-refractivity contribution >= 4 is 0 Å². The topological polar surface area (TPSA) is 38.9 Å². The van der Waals surface area contributed by atoms with Gasteiger partial charge in [-0.05, 0) is 61.3 Å². The average Bonchev–Trinajstić information content (AvgIpc) is 3.22. The summed E-state index contributed by atoms with van der Waals surface area (Å²) >= 11 is 0. The van der Waals surface area contributed by atoms with E-state index in [4.69, 9.17) is 4.52 Å². The molecule has 2 aromatic rings. The Morgan fingerprint density at radius 3 is 2.42 bits per heavy atom. The second-order valence-electron chi connectivity index (χ2n) is 7.98. The second-order valence-corrected chi connectivity index (χ2v) is 7.98. The smallest absolute Gasteiger partial charge is 0.227 e. The minimum absolute atomic E-state index is 0.506. The van der Waals surface area contributed by atoms with Gasteiger partial charge in [-0.15, -0.1) is 0 Å². The molecule has 3 aliphatic rings. The first-order valence-electron chi connectivity index (χ1n) is 9.56. The lowest BCUT2D eigenvalue weighted by Gasteiger charge is -2.44. The van der Waals surface area contributed by atoms with Crippen molar-refractivity contribution in [2.75, 3.05) is 0 Å². The van der Waals surface area contributed by atoms with Gasteiger partial charge in [0.05, 0.1) is 0 Å². The summed E-state index contributed by atoms with van der Waals surface area (Å²) in [6, 6.07) is 8.57. The van der Waals surface area contributed by atoms with Crippen molar-refractivity contribution in [3.63, 3.8) is 0 Å². The van der Waals surface area contributed by atoms with E-state index in [0.29, 0.717) is 5.41 Å². The summed E-state index contributed by atoms with van der Waals surface area (Å²) in [5.41, 5.74) is 3.04. The summed E-state index contributed by atoms with van der Waals surface area (Å²) in [5, 5.41) is 4.20. The molecule has 0 radical (unpaired) electrons. The van der Waals surface area contributed by atoms with Gasteiger partial charge in [-0.1, -0.05) is 48.8 Å². The molecule has 24 heavy (non-hydrogen) atoms. The van der Waals surface area contributed by atoms with Crippen LogP contribution in [0.1, 0.15) is 62.4 Å². The lowest BCUT2D eigenvalue weighted by Crippen LogP contribution is -2.36. The molecule has 2 unspecified atom stereocenters. The summed E-state index contributed by atoms with van der Waals surface area (Å²) in [4.78, 5) is 4.67. The Morgan fingerprint density at radius 1 is 1.08 bits per heavy atom. The van der Waals surface area contributed by atoms with Crippen LogP contribution in [0.2, 0.25) is 0 Å². The monoisotopic (exact) mass is 324 g/mol. The molecule has 2 bridgehead atoms. The quantitative estimate of drug-likeness (QED) is 0.796. The maximum Gasteiger partial charge on any atom is 0.227 e. The van der Waals surface area contributed by atoms with Gasteiger partial charge in [-0.3, -0.25) is 0 Å². The maximum atomic E-state index is 5.56. The number of hydrogen-bond donors (Lipinski definition) is 0. The molecule has 2 atom stereocenters. The fraction of sp³-hybridized carbons (Fsp3) is 0.619. The molecule has 1 aromatic heterocycles. The van der Waals surface area contributed by atoms with Crippen LogP contribution in [-0.4, -0.2) is 10.1 Å². The zero-order valence-corrected chi connectivity index (χ0v) is 15.1. The molecule has 0 saturated heterocycles. The molecule has 3 aliphatic carbocycles. The van der Waals surface area contributed by atoms with Gasteiger partial charge >= 0.3 is 0 Å². The summed E-state index contributed by atoms with van der Waals surface area (Å²) in [7, 11) is 0. The molecule has 0 spiro atoms. The van der Waals surface area contributed by atoms with Crippen LogP contribution in [0.3, 0.4) is 0 Å². The van der Waals surface area contributed by atoms with Crippen molar-refractivity contribution in [3.8, 4) is 0 Å². The van der Waals surface area contributed by atoms with E-state index in [2.05, 4.69) is 41.3 Å². The van der Waals surface area contributed by atoms with E-state index in [0.717, 1.165) is 42.3 Å². The third-order valence-corrected chi connectivity index (χ3v) is 6.39. The van der Waals surface area contributed by atoms with E-state index in [9.17, 15) is 0 Å². The van der Waals surface area contributed by atoms with Crippen LogP contribution in [0.15, 0.2) is 28.8 Å². The molecule has 1 aromatic carbocycles. The highest BCUT2D eigenvalue weighted by Gasteiger charge is 2.61. The van der Waals surface area contributed by atoms with Gasteiger partial charge in [0.1, 0.15) is 0 Å². The SMILES string of the molecule is CC.Cc1ccc(Cc2noc(CC34CC5CC(C3)C5C4)n2)cc1. The van der Waals surface area contributed by atoms with Crippen molar-refractivity contribution in [2.24, 2.45) is 23.2 Å². The Morgan fingerprint density at radius 2 is 1.79 bits per heavy atom. The molecule has 1 heterocycles. The second kappa shape index (κ2) is 6.02. The first kappa shape index (κ1) is 15.9. The zero-order chi connectivity index (χ0) is 16.7. The minimum Gasteiger partial charge on any atom is -0.339 e. The molecule has 3 nitrogen and oxygen atoms in total. The largest absolute Gasteiger partial charge is 0.339 e. The summed E-state index contributed by atoms with van der Waals surface area (Å²) in [5.74, 6) is 4.77. The zero-order valence-electron chi connectivity index (χ0n) is 15.1. The van der Waals surface area contributed by atoms with Crippen molar-refractivity contribution < 1.29 is 4.52 Å². The van der Waals surface area contributed by atoms with Crippen molar-refractivity contribution in [1.82, 2.24) is 10.1 Å². The number of rotatable bonds is 4. The van der Waals surface area contributed by atoms with E-state index >= 15 is 0 Å². The predicted molar refractivity (Wildman–Crippen MR) is 94.7 cm³/mol. The molecule has 3 saturated carbocycles. The van der Waals surface area contributed by atoms with Gasteiger partial charge in [-0.25, -0.2) is 0 Å².